The Hall–Kier alpha value is -5.68. The van der Waals surface area contributed by atoms with Crippen molar-refractivity contribution in [1.82, 2.24) is 4.48 Å². The predicted octanol–water partition coefficient (Wildman–Crippen LogP) is 15.7. The van der Waals surface area contributed by atoms with Gasteiger partial charge < -0.3 is 13.5 Å². The van der Waals surface area contributed by atoms with Crippen molar-refractivity contribution in [2.45, 2.75) is 131 Å². The first-order valence-electron chi connectivity index (χ1n) is 23.3. The highest BCUT2D eigenvalue weighted by Gasteiger charge is 2.32. The Morgan fingerprint density at radius 2 is 0.892 bits per heavy atom. The van der Waals surface area contributed by atoms with E-state index in [4.69, 9.17) is 9.73 Å². The average molecular weight is 865 g/mol. The summed E-state index contributed by atoms with van der Waals surface area (Å²) in [5.74, 6) is 0.706. The molecule has 7 rings (SSSR count). The van der Waals surface area contributed by atoms with E-state index in [0.29, 0.717) is 5.75 Å². The zero-order valence-electron chi connectivity index (χ0n) is 42.0. The molecule has 0 radical (unpaired) electrons. The van der Waals surface area contributed by atoms with Gasteiger partial charge in [-0.25, -0.2) is 4.99 Å². The summed E-state index contributed by atoms with van der Waals surface area (Å²) in [6.07, 6.45) is 2.22. The summed E-state index contributed by atoms with van der Waals surface area (Å²) in [5.41, 5.74) is 16.6. The highest BCUT2D eigenvalue weighted by atomic mass is 19.1. The molecule has 0 unspecified atom stereocenters. The molecule has 0 bridgehead atoms. The maximum atomic E-state index is 16.6. The fraction of sp³-hybridized carbons (Fsp3) is 0.350. The molecular weight excluding hydrogens is 794 g/mol. The van der Waals surface area contributed by atoms with Crippen molar-refractivity contribution in [3.8, 4) is 28.1 Å². The molecule has 2 heterocycles. The van der Waals surface area contributed by atoms with Crippen LogP contribution < -0.4 is 4.74 Å². The third-order valence-electron chi connectivity index (χ3n) is 13.0. The summed E-state index contributed by atoms with van der Waals surface area (Å²) >= 11 is 0. The standard InChI is InChI=1S/C60H70BFN2O/c1-56(2,3)42-25-17-38(18-26-42)48-36-50(40-21-29-44(30-22-40)58(7,8)9)63-54(48)53(47-34-33-46(60(13,14)15)35-52(47)65-16)55-49(39-19-27-43(28-20-39)57(4,5)6)37-51(64(55)61-62)41-23-31-45(32-24-41)59(10,11)12/h17-37,61H,1-16H3/b54-53-. The monoisotopic (exact) mass is 865 g/mol. The fourth-order valence-corrected chi connectivity index (χ4v) is 8.69. The number of ether oxygens (including phenoxy) is 1. The van der Waals surface area contributed by atoms with Crippen molar-refractivity contribution < 1.29 is 9.05 Å². The lowest BCUT2D eigenvalue weighted by atomic mass is 9.83. The lowest BCUT2D eigenvalue weighted by Crippen LogP contribution is -2.13. The number of halogens is 1. The maximum Gasteiger partial charge on any atom is 0.449 e. The van der Waals surface area contributed by atoms with Gasteiger partial charge in [-0.1, -0.05) is 213 Å². The number of aromatic nitrogens is 1. The van der Waals surface area contributed by atoms with Crippen molar-refractivity contribution in [3.63, 3.8) is 0 Å². The maximum absolute atomic E-state index is 16.6. The summed E-state index contributed by atoms with van der Waals surface area (Å²) in [5, 5.41) is 0. The van der Waals surface area contributed by atoms with Gasteiger partial charge >= 0.3 is 7.69 Å². The van der Waals surface area contributed by atoms with Gasteiger partial charge in [0.05, 0.1) is 18.5 Å². The molecule has 5 aromatic carbocycles. The number of nitrogens with zero attached hydrogens (tertiary/aromatic N) is 2. The van der Waals surface area contributed by atoms with Gasteiger partial charge in [-0.05, 0) is 89.8 Å². The molecule has 3 nitrogen and oxygen atoms in total. The van der Waals surface area contributed by atoms with Crippen LogP contribution in [0.5, 0.6) is 5.75 Å². The minimum absolute atomic E-state index is 0.00382. The smallest absolute Gasteiger partial charge is 0.449 e. The number of benzene rings is 5. The first-order valence-corrected chi connectivity index (χ1v) is 23.3. The molecule has 0 saturated heterocycles. The van der Waals surface area contributed by atoms with Crippen LogP contribution in [0, 0.1) is 0 Å². The van der Waals surface area contributed by atoms with E-state index in [1.807, 2.05) is 4.48 Å². The molecule has 0 saturated carbocycles. The molecule has 65 heavy (non-hydrogen) atoms. The van der Waals surface area contributed by atoms with Crippen molar-refractivity contribution in [3.05, 3.63) is 183 Å². The second-order valence-corrected chi connectivity index (χ2v) is 23.1. The molecule has 1 aliphatic rings. The van der Waals surface area contributed by atoms with E-state index in [9.17, 15) is 0 Å². The van der Waals surface area contributed by atoms with Crippen LogP contribution >= 0.6 is 0 Å². The van der Waals surface area contributed by atoms with Gasteiger partial charge in [-0.15, -0.1) is 0 Å². The van der Waals surface area contributed by atoms with E-state index in [2.05, 4.69) is 231 Å². The molecular formula is C60H70BFN2O. The SMILES string of the molecule is COc1cc(C(C)(C)C)ccc1/C(=C1/N=C(c2ccc(C(C)(C)C)cc2)C=C1c1ccc(C(C)(C)C)cc1)c1c(-c2ccc(C(C)(C)C)cc2)cc(-c2ccc(C(C)(C)C)cc2)n1BF. The Morgan fingerprint density at radius 1 is 0.492 bits per heavy atom. The molecule has 0 aliphatic carbocycles. The minimum atomic E-state index is -0.755. The Bertz CT molecular complexity index is 2780. The van der Waals surface area contributed by atoms with Crippen LogP contribution in [0.4, 0.5) is 4.32 Å². The number of rotatable bonds is 8. The average Bonchev–Trinajstić information content (AvgIpc) is 3.85. The van der Waals surface area contributed by atoms with Gasteiger partial charge in [0.25, 0.3) is 0 Å². The van der Waals surface area contributed by atoms with Crippen LogP contribution in [0.1, 0.15) is 154 Å². The lowest BCUT2D eigenvalue weighted by molar-refractivity contribution is 0.411. The summed E-state index contributed by atoms with van der Waals surface area (Å²) in [6.45, 7) is 33.4. The van der Waals surface area contributed by atoms with Crippen LogP contribution in [0.25, 0.3) is 33.5 Å². The summed E-state index contributed by atoms with van der Waals surface area (Å²) in [4.78, 5) is 5.67. The Labute approximate surface area is 390 Å². The van der Waals surface area contributed by atoms with Crippen molar-refractivity contribution in [2.75, 3.05) is 7.11 Å². The number of allylic oxidation sites excluding steroid dienone is 2. The van der Waals surface area contributed by atoms with Crippen LogP contribution in [-0.4, -0.2) is 25.0 Å². The second kappa shape index (κ2) is 17.3. The quantitative estimate of drug-likeness (QED) is 0.140. The summed E-state index contributed by atoms with van der Waals surface area (Å²) < 4.78 is 24.9. The van der Waals surface area contributed by atoms with Crippen LogP contribution in [-0.2, 0) is 27.1 Å². The Morgan fingerprint density at radius 3 is 1.31 bits per heavy atom. The molecule has 0 amide bonds. The van der Waals surface area contributed by atoms with Crippen LogP contribution in [0.2, 0.25) is 0 Å². The number of hydrogen-bond acceptors (Lipinski definition) is 2. The van der Waals surface area contributed by atoms with Gasteiger partial charge in [-0.3, -0.25) is 0 Å². The summed E-state index contributed by atoms with van der Waals surface area (Å²) in [7, 11) is 0.979. The molecule has 336 valence electrons. The number of hydrogen-bond donors (Lipinski definition) is 0. The highest BCUT2D eigenvalue weighted by molar-refractivity contribution is 6.28. The second-order valence-electron chi connectivity index (χ2n) is 23.1. The molecule has 6 aromatic rings. The topological polar surface area (TPSA) is 26.5 Å². The first kappa shape index (κ1) is 47.3. The normalized spacial score (nSPS) is 14.6. The minimum Gasteiger partial charge on any atom is -0.496 e. The van der Waals surface area contributed by atoms with Crippen LogP contribution in [0.3, 0.4) is 0 Å². The molecule has 1 aliphatic heterocycles. The van der Waals surface area contributed by atoms with E-state index >= 15 is 4.32 Å². The first-order chi connectivity index (χ1) is 30.3. The molecule has 1 aromatic heterocycles. The molecule has 5 heteroatoms. The van der Waals surface area contributed by atoms with Gasteiger partial charge in [0.2, 0.25) is 0 Å². The third kappa shape index (κ3) is 9.81. The van der Waals surface area contributed by atoms with E-state index in [-0.39, 0.29) is 27.1 Å². The molecule has 0 spiro atoms. The van der Waals surface area contributed by atoms with Crippen molar-refractivity contribution in [1.29, 1.82) is 0 Å². The van der Waals surface area contributed by atoms with Gasteiger partial charge in [0.15, 0.2) is 0 Å². The van der Waals surface area contributed by atoms with E-state index in [1.165, 1.54) is 22.3 Å². The van der Waals surface area contributed by atoms with Crippen LogP contribution in [0.15, 0.2) is 138 Å². The summed E-state index contributed by atoms with van der Waals surface area (Å²) in [6, 6.07) is 43.8. The van der Waals surface area contributed by atoms with Gasteiger partial charge in [0.1, 0.15) is 5.75 Å². The third-order valence-corrected chi connectivity index (χ3v) is 13.0. The van der Waals surface area contributed by atoms with Crippen molar-refractivity contribution in [2.24, 2.45) is 4.99 Å². The zero-order valence-corrected chi connectivity index (χ0v) is 42.0. The molecule has 0 fully saturated rings. The van der Waals surface area contributed by atoms with Gasteiger partial charge in [0, 0.05) is 39.2 Å². The van der Waals surface area contributed by atoms with E-state index in [1.54, 1.807) is 7.11 Å². The van der Waals surface area contributed by atoms with E-state index in [0.717, 1.165) is 72.9 Å². The molecule has 0 N–H and O–H groups in total. The predicted molar refractivity (Wildman–Crippen MR) is 279 cm³/mol. The highest BCUT2D eigenvalue weighted by Crippen LogP contribution is 2.48. The Balaban J connectivity index is 1.64. The lowest BCUT2D eigenvalue weighted by Gasteiger charge is -2.24. The van der Waals surface area contributed by atoms with Gasteiger partial charge in [-0.2, -0.15) is 0 Å². The largest absolute Gasteiger partial charge is 0.496 e. The Kier molecular flexibility index (Phi) is 12.6. The van der Waals surface area contributed by atoms with Crippen molar-refractivity contribution >= 4 is 24.5 Å². The van der Waals surface area contributed by atoms with E-state index < -0.39 is 7.69 Å². The number of aliphatic imine (C=N–C) groups is 1. The fourth-order valence-electron chi connectivity index (χ4n) is 8.69. The number of methoxy groups -OCH3 is 1. The zero-order chi connectivity index (χ0) is 47.4. The molecule has 0 atom stereocenters.